The van der Waals surface area contributed by atoms with Gasteiger partial charge in [-0.1, -0.05) is 52.4 Å². The zero-order valence-electron chi connectivity index (χ0n) is 17.4. The van der Waals surface area contributed by atoms with E-state index in [9.17, 15) is 9.59 Å². The Morgan fingerprint density at radius 1 is 0.969 bits per heavy atom. The van der Waals surface area contributed by atoms with Crippen molar-refractivity contribution in [3.05, 3.63) is 64.2 Å². The van der Waals surface area contributed by atoms with Crippen molar-refractivity contribution >= 4 is 67.8 Å². The van der Waals surface area contributed by atoms with E-state index in [4.69, 9.17) is 16.3 Å². The first-order chi connectivity index (χ1) is 15.5. The smallest absolute Gasteiger partial charge is 0.259 e. The Bertz CT molecular complexity index is 1410. The first kappa shape index (κ1) is 21.3. The highest BCUT2D eigenvalue weighted by Crippen LogP contribution is 2.42. The van der Waals surface area contributed by atoms with Crippen LogP contribution in [0.2, 0.25) is 5.02 Å². The largest absolute Gasteiger partial charge is 0.496 e. The summed E-state index contributed by atoms with van der Waals surface area (Å²) in [6.45, 7) is 0. The summed E-state index contributed by atoms with van der Waals surface area (Å²) < 4.78 is 6.80. The van der Waals surface area contributed by atoms with Gasteiger partial charge < -0.3 is 9.72 Å². The second kappa shape index (κ2) is 8.41. The number of carbonyl (C=O) groups excluding carboxylic acids is 2. The Balaban J connectivity index is 1.81. The zero-order valence-corrected chi connectivity index (χ0v) is 20.3. The molecule has 5 nitrogen and oxygen atoms in total. The molecule has 0 saturated carbocycles. The van der Waals surface area contributed by atoms with Crippen molar-refractivity contribution in [2.75, 3.05) is 11.5 Å². The highest BCUT2D eigenvalue weighted by Gasteiger charge is 2.34. The van der Waals surface area contributed by atoms with E-state index in [2.05, 4.69) is 39.0 Å². The van der Waals surface area contributed by atoms with E-state index >= 15 is 0 Å². The predicted octanol–water partition coefficient (Wildman–Crippen LogP) is 6.29. The van der Waals surface area contributed by atoms with Gasteiger partial charge >= 0.3 is 0 Å². The number of carbonyl (C=O) groups is 2. The monoisotopic (exact) mass is 558 g/mol. The van der Waals surface area contributed by atoms with E-state index in [1.807, 2.05) is 30.3 Å². The van der Waals surface area contributed by atoms with Crippen molar-refractivity contribution in [2.24, 2.45) is 0 Å². The molecule has 1 aliphatic heterocycles. The summed E-state index contributed by atoms with van der Waals surface area (Å²) in [6.07, 6.45) is 3.14. The molecule has 4 aromatic rings. The first-order valence-corrected chi connectivity index (χ1v) is 12.3. The van der Waals surface area contributed by atoms with Crippen molar-refractivity contribution in [1.82, 2.24) is 10.3 Å². The summed E-state index contributed by atoms with van der Waals surface area (Å²) in [5.74, 6) is -0.00559. The molecule has 0 bridgehead atoms. The number of imide groups is 1. The quantitative estimate of drug-likeness (QED) is 0.126. The molecule has 0 spiro atoms. The van der Waals surface area contributed by atoms with Gasteiger partial charge in [0.2, 0.25) is 0 Å². The standard InChI is InChI=1S/C25H20ClIN2O3/c1-32-20-12-16-18(10-13(20)6-4-5-9-27)28-19-11-15(14-7-2-3-8-17(14)26)22-23(21(16)19)25(31)29-24(22)30/h2-3,7-8,10-12,28H,4-6,9H2,1H3,(H,29,30,31). The molecule has 0 radical (unpaired) electrons. The lowest BCUT2D eigenvalue weighted by atomic mass is 9.92. The number of hydrogen-bond acceptors (Lipinski definition) is 3. The lowest BCUT2D eigenvalue weighted by Crippen LogP contribution is -2.20. The lowest BCUT2D eigenvalue weighted by molar-refractivity contribution is 0.0880. The number of alkyl halides is 1. The minimum atomic E-state index is -0.404. The summed E-state index contributed by atoms with van der Waals surface area (Å²) in [6, 6.07) is 13.3. The third-order valence-corrected chi connectivity index (χ3v) is 7.05. The minimum absolute atomic E-state index is 0.363. The summed E-state index contributed by atoms with van der Waals surface area (Å²) in [7, 11) is 1.66. The molecule has 3 aromatic carbocycles. The van der Waals surface area contributed by atoms with Crippen molar-refractivity contribution in [2.45, 2.75) is 19.3 Å². The number of hydrogen-bond donors (Lipinski definition) is 2. The fraction of sp³-hybridized carbons (Fsp3) is 0.200. The molecule has 2 N–H and O–H groups in total. The molecule has 2 amide bonds. The second-order valence-electron chi connectivity index (χ2n) is 7.84. The minimum Gasteiger partial charge on any atom is -0.496 e. The predicted molar refractivity (Wildman–Crippen MR) is 136 cm³/mol. The summed E-state index contributed by atoms with van der Waals surface area (Å²) >= 11 is 8.84. The number of benzene rings is 3. The van der Waals surface area contributed by atoms with Gasteiger partial charge in [0, 0.05) is 32.4 Å². The molecule has 1 aliphatic rings. The number of fused-ring (bicyclic) bond motifs is 5. The van der Waals surface area contributed by atoms with Gasteiger partial charge in [-0.25, -0.2) is 0 Å². The van der Waals surface area contributed by atoms with Crippen LogP contribution in [-0.2, 0) is 6.42 Å². The number of methoxy groups -OCH3 is 1. The van der Waals surface area contributed by atoms with E-state index in [0.717, 1.165) is 56.8 Å². The van der Waals surface area contributed by atoms with Crippen LogP contribution in [0.5, 0.6) is 5.75 Å². The SMILES string of the molecule is COc1cc2c(cc1CCCCI)[nH]c1cc(-c3ccccc3Cl)c3c(c12)C(=O)NC3=O. The van der Waals surface area contributed by atoms with Crippen LogP contribution >= 0.6 is 34.2 Å². The van der Waals surface area contributed by atoms with Crippen molar-refractivity contribution in [1.29, 1.82) is 0 Å². The van der Waals surface area contributed by atoms with Crippen molar-refractivity contribution in [3.63, 3.8) is 0 Å². The van der Waals surface area contributed by atoms with Crippen LogP contribution in [0.15, 0.2) is 42.5 Å². The van der Waals surface area contributed by atoms with Crippen molar-refractivity contribution in [3.8, 4) is 16.9 Å². The fourth-order valence-corrected chi connectivity index (χ4v) is 5.30. The second-order valence-corrected chi connectivity index (χ2v) is 9.33. The van der Waals surface area contributed by atoms with Gasteiger partial charge in [-0.3, -0.25) is 14.9 Å². The average molecular weight is 559 g/mol. The van der Waals surface area contributed by atoms with Gasteiger partial charge in [-0.15, -0.1) is 0 Å². The third kappa shape index (κ3) is 3.36. The van der Waals surface area contributed by atoms with Crippen LogP contribution in [0.1, 0.15) is 39.1 Å². The first-order valence-electron chi connectivity index (χ1n) is 10.4. The molecule has 0 unspecified atom stereocenters. The van der Waals surface area contributed by atoms with Gasteiger partial charge in [0.1, 0.15) is 5.75 Å². The molecule has 2 heterocycles. The third-order valence-electron chi connectivity index (χ3n) is 5.96. The van der Waals surface area contributed by atoms with E-state index < -0.39 is 11.8 Å². The maximum absolute atomic E-state index is 12.9. The Labute approximate surface area is 203 Å². The fourth-order valence-electron chi connectivity index (χ4n) is 4.52. The number of aromatic nitrogens is 1. The van der Waals surface area contributed by atoms with Crippen LogP contribution in [-0.4, -0.2) is 28.3 Å². The lowest BCUT2D eigenvalue weighted by Gasteiger charge is -2.10. The summed E-state index contributed by atoms with van der Waals surface area (Å²) in [5.41, 5.74) is 4.92. The summed E-state index contributed by atoms with van der Waals surface area (Å²) in [4.78, 5) is 29.1. The van der Waals surface area contributed by atoms with E-state index in [-0.39, 0.29) is 0 Å². The number of aromatic amines is 1. The number of ether oxygens (including phenoxy) is 1. The highest BCUT2D eigenvalue weighted by molar-refractivity contribution is 14.1. The average Bonchev–Trinajstić information content (AvgIpc) is 3.28. The Morgan fingerprint density at radius 2 is 1.75 bits per heavy atom. The van der Waals surface area contributed by atoms with Crippen molar-refractivity contribution < 1.29 is 14.3 Å². The maximum atomic E-state index is 12.9. The number of H-pyrrole nitrogens is 1. The molecule has 7 heteroatoms. The molecule has 5 rings (SSSR count). The van der Waals surface area contributed by atoms with Crippen LogP contribution in [0.4, 0.5) is 0 Å². The van der Waals surface area contributed by atoms with Gasteiger partial charge in [-0.05, 0) is 59.1 Å². The normalized spacial score (nSPS) is 13.1. The molecule has 0 atom stereocenters. The molecule has 1 aromatic heterocycles. The molecular formula is C25H20ClIN2O3. The number of aryl methyl sites for hydroxylation is 1. The van der Waals surface area contributed by atoms with E-state index in [1.54, 1.807) is 13.2 Å². The van der Waals surface area contributed by atoms with Gasteiger partial charge in [0.15, 0.2) is 0 Å². The van der Waals surface area contributed by atoms with Crippen LogP contribution in [0, 0.1) is 0 Å². The van der Waals surface area contributed by atoms with Crippen LogP contribution in [0.3, 0.4) is 0 Å². The molecule has 32 heavy (non-hydrogen) atoms. The summed E-state index contributed by atoms with van der Waals surface area (Å²) in [5, 5.41) is 4.58. The topological polar surface area (TPSA) is 71.2 Å². The Hall–Kier alpha value is -2.58. The Kier molecular flexibility index (Phi) is 5.59. The van der Waals surface area contributed by atoms with Crippen LogP contribution in [0.25, 0.3) is 32.9 Å². The van der Waals surface area contributed by atoms with Gasteiger partial charge in [-0.2, -0.15) is 0 Å². The molecule has 162 valence electrons. The molecule has 0 aliphatic carbocycles. The molecule has 0 fully saturated rings. The van der Waals surface area contributed by atoms with Gasteiger partial charge in [0.25, 0.3) is 11.8 Å². The number of amides is 2. The van der Waals surface area contributed by atoms with E-state index in [1.165, 1.54) is 0 Å². The van der Waals surface area contributed by atoms with Gasteiger partial charge in [0.05, 0.1) is 18.2 Å². The zero-order chi connectivity index (χ0) is 22.4. The van der Waals surface area contributed by atoms with E-state index in [0.29, 0.717) is 27.3 Å². The number of unbranched alkanes of at least 4 members (excludes halogenated alkanes) is 1. The maximum Gasteiger partial charge on any atom is 0.259 e. The molecule has 0 saturated heterocycles. The Morgan fingerprint density at radius 3 is 2.50 bits per heavy atom. The van der Waals surface area contributed by atoms with Crippen LogP contribution < -0.4 is 10.1 Å². The number of nitrogens with one attached hydrogen (secondary N) is 2. The number of halogens is 2. The number of rotatable bonds is 6. The molecular weight excluding hydrogens is 539 g/mol. The highest BCUT2D eigenvalue weighted by atomic mass is 127.